The van der Waals surface area contributed by atoms with E-state index in [2.05, 4.69) is 9.97 Å². The molecule has 1 aromatic carbocycles. The molecule has 8 heteroatoms. The van der Waals surface area contributed by atoms with Gasteiger partial charge in [-0.2, -0.15) is 18.2 Å². The summed E-state index contributed by atoms with van der Waals surface area (Å²) in [4.78, 5) is 9.01. The summed E-state index contributed by atoms with van der Waals surface area (Å²) in [5.41, 5.74) is -0.470. The fourth-order valence-corrected chi connectivity index (χ4v) is 2.26. The Balaban J connectivity index is 2.51. The fourth-order valence-electron chi connectivity index (χ4n) is 2.26. The van der Waals surface area contributed by atoms with Crippen LogP contribution in [0.4, 0.5) is 24.7 Å². The van der Waals surface area contributed by atoms with Gasteiger partial charge in [0, 0.05) is 13.2 Å². The Morgan fingerprint density at radius 1 is 1.19 bits per heavy atom. The summed E-state index contributed by atoms with van der Waals surface area (Å²) < 4.78 is 51.3. The van der Waals surface area contributed by atoms with Gasteiger partial charge in [-0.05, 0) is 32.4 Å². The average Bonchev–Trinajstić information content (AvgIpc) is 2.58. The van der Waals surface area contributed by atoms with Crippen LogP contribution in [0.3, 0.4) is 0 Å². The molecule has 2 rings (SSSR count). The highest BCUT2D eigenvalue weighted by Gasteiger charge is 2.37. The van der Waals surface area contributed by atoms with Crippen LogP contribution in [0.1, 0.15) is 32.8 Å². The number of aromatic nitrogens is 2. The molecule has 142 valence electrons. The normalized spacial score (nSPS) is 11.5. The predicted octanol–water partition coefficient (Wildman–Crippen LogP) is 4.84. The SMILES string of the molecule is CCCOc1ccccc1N(C)c1nc(OC(C)C)ncc1C(F)(F)F. The van der Waals surface area contributed by atoms with Crippen molar-refractivity contribution in [3.8, 4) is 11.8 Å². The van der Waals surface area contributed by atoms with E-state index in [1.807, 2.05) is 6.92 Å². The number of hydrogen-bond acceptors (Lipinski definition) is 5. The number of halogens is 3. The molecule has 2 aromatic rings. The monoisotopic (exact) mass is 369 g/mol. The van der Waals surface area contributed by atoms with Gasteiger partial charge in [-0.25, -0.2) is 4.98 Å². The molecule has 0 spiro atoms. The van der Waals surface area contributed by atoms with Crippen LogP contribution in [-0.4, -0.2) is 29.7 Å². The van der Waals surface area contributed by atoms with E-state index in [1.165, 1.54) is 11.9 Å². The van der Waals surface area contributed by atoms with E-state index in [-0.39, 0.29) is 17.9 Å². The highest BCUT2D eigenvalue weighted by atomic mass is 19.4. The van der Waals surface area contributed by atoms with Gasteiger partial charge in [-0.3, -0.25) is 0 Å². The first-order valence-corrected chi connectivity index (χ1v) is 8.30. The standard InChI is InChI=1S/C18H22F3N3O2/c1-5-10-25-15-9-7-6-8-14(15)24(4)16-13(18(19,20)21)11-22-17(23-16)26-12(2)3/h6-9,11-12H,5,10H2,1-4H3. The maximum absolute atomic E-state index is 13.4. The van der Waals surface area contributed by atoms with Gasteiger partial charge in [-0.1, -0.05) is 19.1 Å². The van der Waals surface area contributed by atoms with Crippen LogP contribution in [0.25, 0.3) is 0 Å². The summed E-state index contributed by atoms with van der Waals surface area (Å²) in [5, 5.41) is 0. The van der Waals surface area contributed by atoms with E-state index in [0.717, 1.165) is 12.6 Å². The molecule has 26 heavy (non-hydrogen) atoms. The zero-order valence-corrected chi connectivity index (χ0v) is 15.2. The van der Waals surface area contributed by atoms with Crippen molar-refractivity contribution in [2.75, 3.05) is 18.6 Å². The molecule has 0 fully saturated rings. The van der Waals surface area contributed by atoms with E-state index in [1.54, 1.807) is 38.1 Å². The quantitative estimate of drug-likeness (QED) is 0.699. The lowest BCUT2D eigenvalue weighted by Gasteiger charge is -2.24. The number of rotatable bonds is 7. The summed E-state index contributed by atoms with van der Waals surface area (Å²) >= 11 is 0. The maximum Gasteiger partial charge on any atom is 0.421 e. The molecule has 0 saturated heterocycles. The number of hydrogen-bond donors (Lipinski definition) is 0. The lowest BCUT2D eigenvalue weighted by Crippen LogP contribution is -2.20. The first kappa shape index (κ1) is 19.8. The lowest BCUT2D eigenvalue weighted by molar-refractivity contribution is -0.137. The van der Waals surface area contributed by atoms with Crippen molar-refractivity contribution >= 4 is 11.5 Å². The minimum atomic E-state index is -4.60. The Labute approximate surface area is 150 Å². The molecule has 0 atom stereocenters. The Hall–Kier alpha value is -2.51. The maximum atomic E-state index is 13.4. The van der Waals surface area contributed by atoms with Gasteiger partial charge < -0.3 is 14.4 Å². The summed E-state index contributed by atoms with van der Waals surface area (Å²) in [5.74, 6) is 0.186. The third kappa shape index (κ3) is 4.77. The van der Waals surface area contributed by atoms with Crippen LogP contribution < -0.4 is 14.4 Å². The van der Waals surface area contributed by atoms with Gasteiger partial charge >= 0.3 is 12.2 Å². The molecular weight excluding hydrogens is 347 g/mol. The molecule has 1 aromatic heterocycles. The summed E-state index contributed by atoms with van der Waals surface area (Å²) in [7, 11) is 1.50. The van der Waals surface area contributed by atoms with Crippen LogP contribution in [0.15, 0.2) is 30.5 Å². The van der Waals surface area contributed by atoms with E-state index in [4.69, 9.17) is 9.47 Å². The van der Waals surface area contributed by atoms with Gasteiger partial charge in [0.25, 0.3) is 0 Å². The Morgan fingerprint density at radius 3 is 2.50 bits per heavy atom. The second kappa shape index (κ2) is 8.25. The largest absolute Gasteiger partial charge is 0.491 e. The number of alkyl halides is 3. The smallest absolute Gasteiger partial charge is 0.421 e. The van der Waals surface area contributed by atoms with Crippen molar-refractivity contribution in [3.05, 3.63) is 36.0 Å². The third-order valence-electron chi connectivity index (χ3n) is 3.40. The van der Waals surface area contributed by atoms with Crippen LogP contribution in [-0.2, 0) is 6.18 Å². The Bertz CT molecular complexity index is 736. The summed E-state index contributed by atoms with van der Waals surface area (Å²) in [6.45, 7) is 5.91. The third-order valence-corrected chi connectivity index (χ3v) is 3.40. The molecule has 1 heterocycles. The summed E-state index contributed by atoms with van der Waals surface area (Å²) in [6, 6.07) is 6.77. The first-order chi connectivity index (χ1) is 12.2. The highest BCUT2D eigenvalue weighted by molar-refractivity contribution is 5.68. The Kier molecular flexibility index (Phi) is 6.28. The van der Waals surface area contributed by atoms with E-state index < -0.39 is 11.7 Å². The number of anilines is 2. The second-order valence-corrected chi connectivity index (χ2v) is 5.93. The lowest BCUT2D eigenvalue weighted by atomic mass is 10.2. The van der Waals surface area contributed by atoms with Crippen molar-refractivity contribution in [2.45, 2.75) is 39.5 Å². The van der Waals surface area contributed by atoms with E-state index in [9.17, 15) is 13.2 Å². The van der Waals surface area contributed by atoms with E-state index >= 15 is 0 Å². The number of benzene rings is 1. The van der Waals surface area contributed by atoms with E-state index in [0.29, 0.717) is 18.0 Å². The average molecular weight is 369 g/mol. The molecular formula is C18H22F3N3O2. The van der Waals surface area contributed by atoms with Crippen LogP contribution in [0.2, 0.25) is 0 Å². The highest BCUT2D eigenvalue weighted by Crippen LogP contribution is 2.40. The van der Waals surface area contributed by atoms with Crippen molar-refractivity contribution in [1.29, 1.82) is 0 Å². The van der Waals surface area contributed by atoms with Crippen LogP contribution in [0.5, 0.6) is 11.8 Å². The molecule has 0 aliphatic carbocycles. The predicted molar refractivity (Wildman–Crippen MR) is 93.1 cm³/mol. The van der Waals surface area contributed by atoms with Crippen molar-refractivity contribution in [1.82, 2.24) is 9.97 Å². The molecule has 0 saturated carbocycles. The fraction of sp³-hybridized carbons (Fsp3) is 0.444. The van der Waals surface area contributed by atoms with Gasteiger partial charge in [0.15, 0.2) is 5.82 Å². The van der Waals surface area contributed by atoms with Gasteiger partial charge in [0.05, 0.1) is 18.4 Å². The van der Waals surface area contributed by atoms with Gasteiger partial charge in [0.1, 0.15) is 11.3 Å². The van der Waals surface area contributed by atoms with Gasteiger partial charge in [0.2, 0.25) is 0 Å². The molecule has 5 nitrogen and oxygen atoms in total. The molecule has 0 amide bonds. The zero-order valence-electron chi connectivity index (χ0n) is 15.2. The molecule has 0 N–H and O–H groups in total. The molecule has 0 bridgehead atoms. The van der Waals surface area contributed by atoms with Crippen LogP contribution >= 0.6 is 0 Å². The number of para-hydroxylation sites is 2. The molecule has 0 aliphatic rings. The van der Waals surface area contributed by atoms with Crippen molar-refractivity contribution < 1.29 is 22.6 Å². The zero-order chi connectivity index (χ0) is 19.3. The summed E-state index contributed by atoms with van der Waals surface area (Å²) in [6.07, 6.45) is -3.33. The minimum Gasteiger partial charge on any atom is -0.491 e. The Morgan fingerprint density at radius 2 is 1.88 bits per heavy atom. The molecule has 0 unspecified atom stereocenters. The topological polar surface area (TPSA) is 47.5 Å². The number of ether oxygens (including phenoxy) is 2. The molecule has 0 aliphatic heterocycles. The number of nitrogens with zero attached hydrogens (tertiary/aromatic N) is 3. The van der Waals surface area contributed by atoms with Crippen molar-refractivity contribution in [3.63, 3.8) is 0 Å². The second-order valence-electron chi connectivity index (χ2n) is 5.93. The minimum absolute atomic E-state index is 0.109. The van der Waals surface area contributed by atoms with Crippen LogP contribution in [0, 0.1) is 0 Å². The first-order valence-electron chi connectivity index (χ1n) is 8.30. The van der Waals surface area contributed by atoms with Crippen molar-refractivity contribution in [2.24, 2.45) is 0 Å². The van der Waals surface area contributed by atoms with Gasteiger partial charge in [-0.15, -0.1) is 0 Å². The molecule has 0 radical (unpaired) electrons.